The summed E-state index contributed by atoms with van der Waals surface area (Å²) >= 11 is 0. The summed E-state index contributed by atoms with van der Waals surface area (Å²) in [5.74, 6) is -0.0202. The monoisotopic (exact) mass is 1100 g/mol. The number of aliphatic hydroxyl groups is 2. The lowest BCUT2D eigenvalue weighted by molar-refractivity contribution is -0.143. The number of unbranched alkanes of at least 4 members (excludes halogenated alkanes) is 55. The van der Waals surface area contributed by atoms with Crippen LogP contribution in [0.4, 0.5) is 0 Å². The molecule has 2 atom stereocenters. The molecule has 464 valence electrons. The van der Waals surface area contributed by atoms with E-state index in [9.17, 15) is 19.8 Å². The van der Waals surface area contributed by atoms with Crippen LogP contribution in [-0.2, 0) is 14.3 Å². The molecule has 0 aromatic heterocycles. The normalized spacial score (nSPS) is 12.5. The zero-order valence-electron chi connectivity index (χ0n) is 53.2. The number of rotatable bonds is 68. The number of ether oxygens (including phenoxy) is 1. The fourth-order valence-corrected chi connectivity index (χ4v) is 11.6. The third kappa shape index (κ3) is 63.8. The van der Waals surface area contributed by atoms with Crippen molar-refractivity contribution in [3.05, 3.63) is 12.2 Å². The highest BCUT2D eigenvalue weighted by Crippen LogP contribution is 2.19. The second-order valence-corrected chi connectivity index (χ2v) is 24.9. The van der Waals surface area contributed by atoms with Gasteiger partial charge in [-0.2, -0.15) is 0 Å². The molecule has 78 heavy (non-hydrogen) atoms. The Morgan fingerprint density at radius 3 is 0.910 bits per heavy atom. The maximum absolute atomic E-state index is 12.6. The van der Waals surface area contributed by atoms with Gasteiger partial charge in [-0.15, -0.1) is 0 Å². The van der Waals surface area contributed by atoms with Gasteiger partial charge in [-0.1, -0.05) is 360 Å². The van der Waals surface area contributed by atoms with E-state index < -0.39 is 12.1 Å². The fraction of sp³-hybridized carbons (Fsp3) is 0.944. The highest BCUT2D eigenvalue weighted by atomic mass is 16.5. The number of amides is 1. The van der Waals surface area contributed by atoms with Gasteiger partial charge in [0.05, 0.1) is 25.4 Å². The summed E-state index contributed by atoms with van der Waals surface area (Å²) in [6.45, 7) is 4.99. The van der Waals surface area contributed by atoms with Crippen molar-refractivity contribution in [2.75, 3.05) is 13.2 Å². The van der Waals surface area contributed by atoms with E-state index in [2.05, 4.69) is 31.3 Å². The summed E-state index contributed by atoms with van der Waals surface area (Å²) in [5, 5.41) is 23.4. The summed E-state index contributed by atoms with van der Waals surface area (Å²) < 4.78 is 5.50. The zero-order valence-corrected chi connectivity index (χ0v) is 53.2. The Balaban J connectivity index is 3.37. The van der Waals surface area contributed by atoms with Crippen molar-refractivity contribution < 1.29 is 24.5 Å². The van der Waals surface area contributed by atoms with Gasteiger partial charge < -0.3 is 20.3 Å². The largest absolute Gasteiger partial charge is 0.466 e. The Morgan fingerprint density at radius 1 is 0.346 bits per heavy atom. The molecule has 0 aliphatic heterocycles. The summed E-state index contributed by atoms with van der Waals surface area (Å²) in [6, 6.07) is -0.543. The Labute approximate surface area is 489 Å². The first-order valence-corrected chi connectivity index (χ1v) is 35.9. The Morgan fingerprint density at radius 2 is 0.603 bits per heavy atom. The van der Waals surface area contributed by atoms with Crippen LogP contribution in [0.1, 0.15) is 412 Å². The summed E-state index contributed by atoms with van der Waals surface area (Å²) in [7, 11) is 0. The molecule has 0 fully saturated rings. The van der Waals surface area contributed by atoms with Crippen molar-refractivity contribution in [2.24, 2.45) is 0 Å². The molecular formula is C72H141NO5. The van der Waals surface area contributed by atoms with Gasteiger partial charge in [0, 0.05) is 12.8 Å². The molecule has 0 saturated carbocycles. The highest BCUT2D eigenvalue weighted by molar-refractivity contribution is 5.76. The number of nitrogens with one attached hydrogen (secondary N) is 1. The molecule has 0 aliphatic rings. The molecule has 0 rings (SSSR count). The Hall–Kier alpha value is -1.40. The molecule has 1 amide bonds. The van der Waals surface area contributed by atoms with Crippen molar-refractivity contribution in [2.45, 2.75) is 424 Å². The van der Waals surface area contributed by atoms with Crippen molar-refractivity contribution in [1.82, 2.24) is 5.32 Å². The molecule has 0 spiro atoms. The molecule has 6 nitrogen and oxygen atoms in total. The number of carbonyl (C=O) groups is 2. The molecule has 6 heteroatoms. The third-order valence-corrected chi connectivity index (χ3v) is 17.1. The van der Waals surface area contributed by atoms with E-state index in [-0.39, 0.29) is 18.5 Å². The van der Waals surface area contributed by atoms with Crippen LogP contribution in [-0.4, -0.2) is 47.4 Å². The lowest BCUT2D eigenvalue weighted by Crippen LogP contribution is -2.45. The molecule has 0 aromatic rings. The SMILES string of the molecule is CCCCCCCCC/C=C\CCCCCCCCCC(=O)OCCCCCCCCCCCCCCCCCCCCCCCC(=O)NC(CO)C(O)CCCCCCCCCCCCCCCCCCCCCCCC. The second kappa shape index (κ2) is 68.1. The Bertz CT molecular complexity index is 1180. The van der Waals surface area contributed by atoms with Gasteiger partial charge >= 0.3 is 5.97 Å². The minimum atomic E-state index is -0.666. The third-order valence-electron chi connectivity index (χ3n) is 17.1. The molecule has 0 heterocycles. The van der Waals surface area contributed by atoms with E-state index in [0.29, 0.717) is 25.9 Å². The van der Waals surface area contributed by atoms with E-state index in [1.807, 2.05) is 0 Å². The first-order valence-electron chi connectivity index (χ1n) is 35.9. The van der Waals surface area contributed by atoms with Crippen molar-refractivity contribution in [3.63, 3.8) is 0 Å². The van der Waals surface area contributed by atoms with Crippen molar-refractivity contribution in [3.8, 4) is 0 Å². The van der Waals surface area contributed by atoms with Gasteiger partial charge in [-0.25, -0.2) is 0 Å². The summed E-state index contributed by atoms with van der Waals surface area (Å²) in [6.07, 6.45) is 84.0. The predicted octanol–water partition coefficient (Wildman–Crippen LogP) is 23.1. The van der Waals surface area contributed by atoms with E-state index >= 15 is 0 Å². The topological polar surface area (TPSA) is 95.9 Å². The van der Waals surface area contributed by atoms with Crippen LogP contribution in [0, 0.1) is 0 Å². The molecule has 0 aliphatic carbocycles. The van der Waals surface area contributed by atoms with Gasteiger partial charge in [0.25, 0.3) is 0 Å². The average molecular weight is 1100 g/mol. The van der Waals surface area contributed by atoms with Gasteiger partial charge in [-0.3, -0.25) is 9.59 Å². The van der Waals surface area contributed by atoms with E-state index in [0.717, 1.165) is 44.9 Å². The number of esters is 1. The molecule has 0 aromatic carbocycles. The van der Waals surface area contributed by atoms with Gasteiger partial charge in [0.15, 0.2) is 0 Å². The standard InChI is InChI=1S/C72H141NO5/c1-3-5-7-9-11-13-15-17-19-21-23-24-26-29-32-36-40-44-48-52-56-60-64-70(75)69(68-74)73-71(76)65-61-57-53-49-45-41-37-33-30-27-25-28-31-35-39-43-47-51-55-59-63-67-78-72(77)66-62-58-54-50-46-42-38-34-22-20-18-16-14-12-10-8-6-4-2/h20,22,69-70,74-75H,3-19,21,23-68H2,1-2H3,(H,73,76)/b22-20-. The van der Waals surface area contributed by atoms with E-state index in [4.69, 9.17) is 4.74 Å². The van der Waals surface area contributed by atoms with Crippen LogP contribution >= 0.6 is 0 Å². The first kappa shape index (κ1) is 76.6. The number of carbonyl (C=O) groups excluding carboxylic acids is 2. The quantitative estimate of drug-likeness (QED) is 0.0320. The fourth-order valence-electron chi connectivity index (χ4n) is 11.6. The zero-order chi connectivity index (χ0) is 56.4. The molecule has 3 N–H and O–H groups in total. The smallest absolute Gasteiger partial charge is 0.305 e. The predicted molar refractivity (Wildman–Crippen MR) is 343 cm³/mol. The van der Waals surface area contributed by atoms with Crippen LogP contribution in [0.25, 0.3) is 0 Å². The number of hydrogen-bond acceptors (Lipinski definition) is 5. The molecule has 0 saturated heterocycles. The molecule has 0 radical (unpaired) electrons. The lowest BCUT2D eigenvalue weighted by Gasteiger charge is -2.22. The van der Waals surface area contributed by atoms with Crippen molar-refractivity contribution >= 4 is 11.9 Å². The van der Waals surface area contributed by atoms with Crippen LogP contribution in [0.3, 0.4) is 0 Å². The van der Waals surface area contributed by atoms with Crippen LogP contribution in [0.5, 0.6) is 0 Å². The van der Waals surface area contributed by atoms with Gasteiger partial charge in [0.1, 0.15) is 0 Å². The van der Waals surface area contributed by atoms with Gasteiger partial charge in [-0.05, 0) is 51.4 Å². The molecular weight excluding hydrogens is 959 g/mol. The maximum atomic E-state index is 12.6. The second-order valence-electron chi connectivity index (χ2n) is 24.9. The first-order chi connectivity index (χ1) is 38.5. The summed E-state index contributed by atoms with van der Waals surface area (Å²) in [4.78, 5) is 24.7. The van der Waals surface area contributed by atoms with Crippen LogP contribution in [0.2, 0.25) is 0 Å². The van der Waals surface area contributed by atoms with E-state index in [1.165, 1.54) is 334 Å². The molecule has 0 bridgehead atoms. The van der Waals surface area contributed by atoms with Crippen LogP contribution in [0.15, 0.2) is 12.2 Å². The van der Waals surface area contributed by atoms with Crippen molar-refractivity contribution in [1.29, 1.82) is 0 Å². The lowest BCUT2D eigenvalue weighted by atomic mass is 10.0. The minimum Gasteiger partial charge on any atom is -0.466 e. The van der Waals surface area contributed by atoms with E-state index in [1.54, 1.807) is 0 Å². The number of hydrogen-bond donors (Lipinski definition) is 3. The summed E-state index contributed by atoms with van der Waals surface area (Å²) in [5.41, 5.74) is 0. The van der Waals surface area contributed by atoms with Crippen LogP contribution < -0.4 is 5.32 Å². The highest BCUT2D eigenvalue weighted by Gasteiger charge is 2.20. The maximum Gasteiger partial charge on any atom is 0.305 e. The molecule has 2 unspecified atom stereocenters. The number of allylic oxidation sites excluding steroid dienone is 2. The number of aliphatic hydroxyl groups excluding tert-OH is 2. The average Bonchev–Trinajstić information content (AvgIpc) is 3.44. The Kier molecular flexibility index (Phi) is 66.9. The van der Waals surface area contributed by atoms with Gasteiger partial charge in [0.2, 0.25) is 5.91 Å². The minimum absolute atomic E-state index is 0.0106.